The Morgan fingerprint density at radius 3 is 1.85 bits per heavy atom. The molecule has 5 N–H and O–H groups in total. The van der Waals surface area contributed by atoms with Gasteiger partial charge in [-0.2, -0.15) is 11.1 Å². The third-order valence-corrected chi connectivity index (χ3v) is 5.63. The number of hydrogen-bond donors (Lipinski definition) is 3. The maximum absolute atomic E-state index is 12.5. The number of hydrazine groups is 3. The van der Waals surface area contributed by atoms with Crippen molar-refractivity contribution < 1.29 is 37.1 Å². The van der Waals surface area contributed by atoms with Gasteiger partial charge in [-0.1, -0.05) is 116 Å². The molecule has 221 valence electrons. The fourth-order valence-electron chi connectivity index (χ4n) is 3.56. The van der Waals surface area contributed by atoms with Crippen molar-refractivity contribution in [2.45, 2.75) is 87.2 Å². The zero-order valence-electron chi connectivity index (χ0n) is 26.1. The van der Waals surface area contributed by atoms with Crippen LogP contribution < -0.4 is 16.5 Å². The topological polar surface area (TPSA) is 86.9 Å². The zero-order chi connectivity index (χ0) is 29.8. The molecule has 1 heterocycles. The molecule has 1 unspecified atom stereocenters. The quantitative estimate of drug-likeness (QED) is 0.263. The van der Waals surface area contributed by atoms with Gasteiger partial charge in [-0.3, -0.25) is 0 Å². The van der Waals surface area contributed by atoms with E-state index in [4.69, 9.17) is 11.5 Å². The van der Waals surface area contributed by atoms with Gasteiger partial charge in [0.2, 0.25) is 0 Å². The van der Waals surface area contributed by atoms with E-state index in [1.807, 2.05) is 58.8 Å². The Bertz CT molecular complexity index is 1020. The van der Waals surface area contributed by atoms with Gasteiger partial charge in [0.15, 0.2) is 0 Å². The van der Waals surface area contributed by atoms with Crippen LogP contribution in [0.25, 0.3) is 22.6 Å². The van der Waals surface area contributed by atoms with Crippen molar-refractivity contribution >= 4 is 11.4 Å². The second kappa shape index (κ2) is 23.8. The fourth-order valence-corrected chi connectivity index (χ4v) is 3.56. The van der Waals surface area contributed by atoms with Gasteiger partial charge in [0.05, 0.1) is 0 Å². The standard InChI is InChI=1S/C15H18N5.C8H9FN.C5H12.2C2H6.Y/c1-10-3-5-11(6-4-10)12-7-8-14(16)13(9-12)15-17-18-19-20(15)2;1-2-6-3-7(9)5-8(10)4-6;1-3-5-4-2;2*1-2;/h3-9,15-19H,1-2H3;3-5,10H,2H2,1H3;3-5H2,1-2H3;2*1-2H3;/q2*-1;;;;. The van der Waals surface area contributed by atoms with E-state index in [0.717, 1.165) is 23.1 Å². The number of nitrogens with one attached hydrogen (secondary N) is 5. The summed E-state index contributed by atoms with van der Waals surface area (Å²) in [5.74, 6) is -0.315. The van der Waals surface area contributed by atoms with Crippen LogP contribution in [0.15, 0.2) is 60.7 Å². The second-order valence-corrected chi connectivity index (χ2v) is 8.62. The molecule has 40 heavy (non-hydrogen) atoms. The summed E-state index contributed by atoms with van der Waals surface area (Å²) < 4.78 is 12.5. The van der Waals surface area contributed by atoms with Gasteiger partial charge < -0.3 is 11.5 Å². The third-order valence-electron chi connectivity index (χ3n) is 5.63. The van der Waals surface area contributed by atoms with Crippen LogP contribution in [0.3, 0.4) is 0 Å². The van der Waals surface area contributed by atoms with Crippen molar-refractivity contribution in [1.29, 1.82) is 0 Å². The van der Waals surface area contributed by atoms with Gasteiger partial charge >= 0.3 is 0 Å². The van der Waals surface area contributed by atoms with E-state index in [2.05, 4.69) is 67.6 Å². The first kappa shape index (κ1) is 40.3. The van der Waals surface area contributed by atoms with Crippen LogP contribution in [0.2, 0.25) is 0 Å². The van der Waals surface area contributed by atoms with E-state index in [-0.39, 0.29) is 50.4 Å². The summed E-state index contributed by atoms with van der Waals surface area (Å²) in [6.45, 7) is 16.4. The largest absolute Gasteiger partial charge is 0.699 e. The molecule has 1 atom stereocenters. The van der Waals surface area contributed by atoms with Crippen LogP contribution in [-0.4, -0.2) is 12.1 Å². The minimum Gasteiger partial charge on any atom is -0.699 e. The molecule has 3 aromatic rings. The average Bonchev–Trinajstić information content (AvgIpc) is 3.38. The number of nitrogens with zero attached hydrogens (tertiary/aromatic N) is 1. The summed E-state index contributed by atoms with van der Waals surface area (Å²) in [7, 11) is 1.93. The number of aryl methyl sites for hydroxylation is 2. The molecular weight excluding hydrogens is 576 g/mol. The molecule has 0 spiro atoms. The van der Waals surface area contributed by atoms with E-state index < -0.39 is 0 Å². The first-order chi connectivity index (χ1) is 18.8. The van der Waals surface area contributed by atoms with Crippen LogP contribution in [0.5, 0.6) is 0 Å². The smallest absolute Gasteiger partial charge is 0.122 e. The van der Waals surface area contributed by atoms with E-state index in [0.29, 0.717) is 5.69 Å². The van der Waals surface area contributed by atoms with Gasteiger partial charge in [0.25, 0.3) is 0 Å². The predicted molar refractivity (Wildman–Crippen MR) is 168 cm³/mol. The molecule has 0 aromatic heterocycles. The first-order valence-electron chi connectivity index (χ1n) is 14.2. The third kappa shape index (κ3) is 14.7. The average molecular weight is 628 g/mol. The molecule has 1 fully saturated rings. The van der Waals surface area contributed by atoms with Crippen molar-refractivity contribution in [3.63, 3.8) is 0 Å². The van der Waals surface area contributed by atoms with Crippen molar-refractivity contribution in [1.82, 2.24) is 21.5 Å². The van der Waals surface area contributed by atoms with E-state index >= 15 is 0 Å². The first-order valence-corrected chi connectivity index (χ1v) is 14.2. The van der Waals surface area contributed by atoms with Gasteiger partial charge in [-0.05, 0) is 53.8 Å². The number of hydrogen-bond acceptors (Lipinski definition) is 4. The van der Waals surface area contributed by atoms with Crippen LogP contribution in [0.1, 0.15) is 90.6 Å². The summed E-state index contributed by atoms with van der Waals surface area (Å²) in [5, 5.41) is 1.90. The van der Waals surface area contributed by atoms with E-state index in [1.54, 1.807) is 6.07 Å². The van der Waals surface area contributed by atoms with Crippen LogP contribution >= 0.6 is 0 Å². The van der Waals surface area contributed by atoms with E-state index in [1.165, 1.54) is 42.5 Å². The number of benzene rings is 3. The minimum atomic E-state index is -0.315. The summed E-state index contributed by atoms with van der Waals surface area (Å²) in [6.07, 6.45) is 4.80. The molecule has 8 heteroatoms. The number of halogens is 1. The minimum absolute atomic E-state index is 0. The molecule has 6 nitrogen and oxygen atoms in total. The summed E-state index contributed by atoms with van der Waals surface area (Å²) in [6, 6.07) is 18.7. The van der Waals surface area contributed by atoms with Crippen LogP contribution in [-0.2, 0) is 39.1 Å². The van der Waals surface area contributed by atoms with E-state index in [9.17, 15) is 4.39 Å². The molecular formula is C32H51FN6Y-2. The Morgan fingerprint density at radius 1 is 0.825 bits per heavy atom. The van der Waals surface area contributed by atoms with Gasteiger partial charge in [-0.25, -0.2) is 14.8 Å². The fraction of sp³-hybridized carbons (Fsp3) is 0.438. The Labute approximate surface area is 268 Å². The Hall–Kier alpha value is -1.87. The van der Waals surface area contributed by atoms with Crippen LogP contribution in [0.4, 0.5) is 15.8 Å². The number of unbranched alkanes of at least 4 members (excludes halogenated alkanes) is 2. The maximum Gasteiger partial charge on any atom is 0.122 e. The number of rotatable bonds is 5. The summed E-state index contributed by atoms with van der Waals surface area (Å²) in [4.78, 5) is 0. The second-order valence-electron chi connectivity index (χ2n) is 8.62. The molecule has 1 aliphatic heterocycles. The Balaban J connectivity index is 0. The predicted octanol–water partition coefficient (Wildman–Crippen LogP) is 10.1. The van der Waals surface area contributed by atoms with Gasteiger partial charge in [-0.15, -0.1) is 11.4 Å². The molecule has 1 saturated heterocycles. The molecule has 0 amide bonds. The molecule has 1 aliphatic rings. The van der Waals surface area contributed by atoms with Crippen LogP contribution in [0, 0.1) is 12.7 Å². The van der Waals surface area contributed by atoms with Gasteiger partial charge in [0.1, 0.15) is 12.0 Å². The summed E-state index contributed by atoms with van der Waals surface area (Å²) >= 11 is 0. The molecule has 3 aromatic carbocycles. The van der Waals surface area contributed by atoms with Crippen molar-refractivity contribution in [2.24, 2.45) is 0 Å². The molecule has 4 rings (SSSR count). The molecule has 0 saturated carbocycles. The normalized spacial score (nSPS) is 13.5. The van der Waals surface area contributed by atoms with Crippen molar-refractivity contribution in [3.05, 3.63) is 94.6 Å². The molecule has 0 bridgehead atoms. The molecule has 1 radical (unpaired) electrons. The Morgan fingerprint density at radius 2 is 1.40 bits per heavy atom. The zero-order valence-corrected chi connectivity index (χ0v) is 28.9. The molecule has 0 aliphatic carbocycles. The van der Waals surface area contributed by atoms with Crippen molar-refractivity contribution in [3.8, 4) is 11.1 Å². The van der Waals surface area contributed by atoms with Crippen molar-refractivity contribution in [2.75, 3.05) is 7.05 Å². The monoisotopic (exact) mass is 627 g/mol. The van der Waals surface area contributed by atoms with Gasteiger partial charge in [0, 0.05) is 39.8 Å². The summed E-state index contributed by atoms with van der Waals surface area (Å²) in [5.41, 5.74) is 30.3. The maximum atomic E-state index is 12.5. The SMILES string of the molecule is CC.CC.CCCCC.CCc1cc([NH-])cc(F)c1.Cc1ccc(-c2ccc([NH-])c(C3NNNN3C)c2)cc1.[Y]. The Kier molecular flexibility index (Phi) is 24.0.